The lowest BCUT2D eigenvalue weighted by Crippen LogP contribution is -2.03. The van der Waals surface area contributed by atoms with E-state index < -0.39 is 0 Å². The van der Waals surface area contributed by atoms with Crippen LogP contribution in [0, 0.1) is 0 Å². The van der Waals surface area contributed by atoms with Gasteiger partial charge in [-0.3, -0.25) is 4.79 Å². The molecule has 0 atom stereocenters. The number of fused-ring (bicyclic) bond motifs is 1. The Morgan fingerprint density at radius 3 is 2.50 bits per heavy atom. The molecule has 1 aliphatic heterocycles. The zero-order chi connectivity index (χ0) is 17.9. The van der Waals surface area contributed by atoms with Crippen molar-refractivity contribution in [2.45, 2.75) is 6.61 Å². The van der Waals surface area contributed by atoms with Crippen LogP contribution in [0.1, 0.15) is 16.7 Å². The molecule has 0 saturated heterocycles. The number of ether oxygens (including phenoxy) is 1. The van der Waals surface area contributed by atoms with E-state index >= 15 is 0 Å². The first-order valence-electron chi connectivity index (χ1n) is 8.29. The highest BCUT2D eigenvalue weighted by Crippen LogP contribution is 2.34. The van der Waals surface area contributed by atoms with E-state index in [1.54, 1.807) is 0 Å². The van der Waals surface area contributed by atoms with Gasteiger partial charge in [0.15, 0.2) is 0 Å². The molecule has 128 valence electrons. The lowest BCUT2D eigenvalue weighted by molar-refractivity contribution is -0.110. The number of hydrogen-bond donors (Lipinski definition) is 1. The SMILES string of the molecule is O=C1Nc2ccccc2C1=Cc1ccccc1OCc1ccc(Br)cc1. The Labute approximate surface area is 160 Å². The maximum absolute atomic E-state index is 12.3. The van der Waals surface area contributed by atoms with Gasteiger partial charge in [-0.2, -0.15) is 0 Å². The minimum absolute atomic E-state index is 0.0890. The maximum Gasteiger partial charge on any atom is 0.256 e. The summed E-state index contributed by atoms with van der Waals surface area (Å²) in [4.78, 5) is 12.3. The molecule has 0 spiro atoms. The van der Waals surface area contributed by atoms with Crippen LogP contribution in [-0.4, -0.2) is 5.91 Å². The van der Waals surface area contributed by atoms with Crippen LogP contribution in [0.3, 0.4) is 0 Å². The highest BCUT2D eigenvalue weighted by atomic mass is 79.9. The summed E-state index contributed by atoms with van der Waals surface area (Å²) in [5, 5.41) is 2.90. The largest absolute Gasteiger partial charge is 0.488 e. The standard InChI is InChI=1S/C22H16BrNO2/c23-17-11-9-15(10-12-17)14-26-21-8-4-1-5-16(21)13-19-18-6-2-3-7-20(18)24-22(19)25/h1-13H,14H2,(H,24,25). The lowest BCUT2D eigenvalue weighted by Gasteiger charge is -2.10. The van der Waals surface area contributed by atoms with Crippen LogP contribution in [0.25, 0.3) is 11.6 Å². The third-order valence-corrected chi connectivity index (χ3v) is 4.77. The van der Waals surface area contributed by atoms with E-state index in [-0.39, 0.29) is 5.91 Å². The number of carbonyl (C=O) groups is 1. The number of benzene rings is 3. The third-order valence-electron chi connectivity index (χ3n) is 4.24. The topological polar surface area (TPSA) is 38.3 Å². The Kier molecular flexibility index (Phi) is 4.59. The summed E-state index contributed by atoms with van der Waals surface area (Å²) >= 11 is 3.43. The number of rotatable bonds is 4. The minimum atomic E-state index is -0.0890. The molecule has 0 aliphatic carbocycles. The molecular weight excluding hydrogens is 390 g/mol. The first kappa shape index (κ1) is 16.6. The van der Waals surface area contributed by atoms with Crippen molar-refractivity contribution in [3.8, 4) is 5.75 Å². The van der Waals surface area contributed by atoms with Crippen molar-refractivity contribution >= 4 is 39.2 Å². The minimum Gasteiger partial charge on any atom is -0.488 e. The van der Waals surface area contributed by atoms with Gasteiger partial charge in [-0.05, 0) is 35.9 Å². The van der Waals surface area contributed by atoms with Gasteiger partial charge < -0.3 is 10.1 Å². The lowest BCUT2D eigenvalue weighted by atomic mass is 10.0. The summed E-state index contributed by atoms with van der Waals surface area (Å²) in [5.41, 5.74) is 4.38. The fourth-order valence-electron chi connectivity index (χ4n) is 2.91. The van der Waals surface area contributed by atoms with Crippen LogP contribution in [0.5, 0.6) is 5.75 Å². The summed E-state index contributed by atoms with van der Waals surface area (Å²) in [6.07, 6.45) is 1.89. The third kappa shape index (κ3) is 3.41. The molecule has 1 N–H and O–H groups in total. The molecular formula is C22H16BrNO2. The predicted molar refractivity (Wildman–Crippen MR) is 108 cm³/mol. The van der Waals surface area contributed by atoms with E-state index in [0.717, 1.165) is 32.6 Å². The van der Waals surface area contributed by atoms with Gasteiger partial charge in [0.1, 0.15) is 12.4 Å². The van der Waals surface area contributed by atoms with Crippen LogP contribution in [-0.2, 0) is 11.4 Å². The molecule has 0 unspecified atom stereocenters. The number of halogens is 1. The molecule has 0 radical (unpaired) electrons. The highest BCUT2D eigenvalue weighted by Gasteiger charge is 2.23. The molecule has 3 aromatic carbocycles. The number of carbonyl (C=O) groups excluding carboxylic acids is 1. The van der Waals surface area contributed by atoms with Gasteiger partial charge >= 0.3 is 0 Å². The number of amides is 1. The zero-order valence-corrected chi connectivity index (χ0v) is 15.5. The Morgan fingerprint density at radius 2 is 1.65 bits per heavy atom. The second kappa shape index (κ2) is 7.18. The smallest absolute Gasteiger partial charge is 0.256 e. The average molecular weight is 406 g/mol. The molecule has 4 heteroatoms. The molecule has 26 heavy (non-hydrogen) atoms. The van der Waals surface area contributed by atoms with E-state index in [0.29, 0.717) is 12.2 Å². The van der Waals surface area contributed by atoms with Crippen molar-refractivity contribution in [3.63, 3.8) is 0 Å². The molecule has 0 aromatic heterocycles. The highest BCUT2D eigenvalue weighted by molar-refractivity contribution is 9.10. The summed E-state index contributed by atoms with van der Waals surface area (Å²) in [7, 11) is 0. The molecule has 3 nitrogen and oxygen atoms in total. The first-order valence-corrected chi connectivity index (χ1v) is 9.09. The average Bonchev–Trinajstić information content (AvgIpc) is 2.98. The van der Waals surface area contributed by atoms with Crippen LogP contribution >= 0.6 is 15.9 Å². The van der Waals surface area contributed by atoms with Gasteiger partial charge in [0.2, 0.25) is 0 Å². The van der Waals surface area contributed by atoms with E-state index in [2.05, 4.69) is 21.2 Å². The fourth-order valence-corrected chi connectivity index (χ4v) is 3.18. The van der Waals surface area contributed by atoms with Crippen molar-refractivity contribution < 1.29 is 9.53 Å². The molecule has 1 heterocycles. The van der Waals surface area contributed by atoms with Gasteiger partial charge in [-0.25, -0.2) is 0 Å². The summed E-state index contributed by atoms with van der Waals surface area (Å²) in [6.45, 7) is 0.469. The normalized spacial score (nSPS) is 14.2. The Morgan fingerprint density at radius 1 is 0.923 bits per heavy atom. The first-order chi connectivity index (χ1) is 12.7. The van der Waals surface area contributed by atoms with E-state index in [1.165, 1.54) is 0 Å². The molecule has 0 bridgehead atoms. The zero-order valence-electron chi connectivity index (χ0n) is 13.9. The van der Waals surface area contributed by atoms with E-state index in [1.807, 2.05) is 78.9 Å². The number of para-hydroxylation sites is 2. The fraction of sp³-hybridized carbons (Fsp3) is 0.0455. The van der Waals surface area contributed by atoms with Gasteiger partial charge in [0, 0.05) is 26.9 Å². The predicted octanol–water partition coefficient (Wildman–Crippen LogP) is 5.52. The van der Waals surface area contributed by atoms with E-state index in [9.17, 15) is 4.79 Å². The summed E-state index contributed by atoms with van der Waals surface area (Å²) in [6, 6.07) is 23.5. The molecule has 1 aliphatic rings. The van der Waals surface area contributed by atoms with Crippen molar-refractivity contribution in [2.24, 2.45) is 0 Å². The maximum atomic E-state index is 12.3. The number of nitrogens with one attached hydrogen (secondary N) is 1. The quantitative estimate of drug-likeness (QED) is 0.580. The Balaban J connectivity index is 1.62. The summed E-state index contributed by atoms with van der Waals surface area (Å²) in [5.74, 6) is 0.661. The molecule has 4 rings (SSSR count). The van der Waals surface area contributed by atoms with Crippen molar-refractivity contribution in [3.05, 3.63) is 94.0 Å². The Hall–Kier alpha value is -2.85. The number of hydrogen-bond acceptors (Lipinski definition) is 2. The van der Waals surface area contributed by atoms with Gasteiger partial charge in [-0.15, -0.1) is 0 Å². The number of anilines is 1. The van der Waals surface area contributed by atoms with Crippen LogP contribution < -0.4 is 10.1 Å². The second-order valence-corrected chi connectivity index (χ2v) is 6.93. The second-order valence-electron chi connectivity index (χ2n) is 6.01. The monoisotopic (exact) mass is 405 g/mol. The van der Waals surface area contributed by atoms with Crippen molar-refractivity contribution in [2.75, 3.05) is 5.32 Å². The Bertz CT molecular complexity index is 993. The van der Waals surface area contributed by atoms with Crippen LogP contribution in [0.15, 0.2) is 77.3 Å². The van der Waals surface area contributed by atoms with E-state index in [4.69, 9.17) is 4.74 Å². The summed E-state index contributed by atoms with van der Waals surface area (Å²) < 4.78 is 7.04. The van der Waals surface area contributed by atoms with Gasteiger partial charge in [-0.1, -0.05) is 64.5 Å². The van der Waals surface area contributed by atoms with Crippen LogP contribution in [0.4, 0.5) is 5.69 Å². The molecule has 0 saturated carbocycles. The van der Waals surface area contributed by atoms with Gasteiger partial charge in [0.05, 0.1) is 0 Å². The van der Waals surface area contributed by atoms with Crippen molar-refractivity contribution in [1.82, 2.24) is 0 Å². The molecule has 3 aromatic rings. The van der Waals surface area contributed by atoms with Crippen molar-refractivity contribution in [1.29, 1.82) is 0 Å². The molecule has 0 fully saturated rings. The van der Waals surface area contributed by atoms with Crippen LogP contribution in [0.2, 0.25) is 0 Å². The molecule has 1 amide bonds. The van der Waals surface area contributed by atoms with Gasteiger partial charge in [0.25, 0.3) is 5.91 Å².